The lowest BCUT2D eigenvalue weighted by Gasteiger charge is -2.11. The highest BCUT2D eigenvalue weighted by molar-refractivity contribution is 6.17. The van der Waals surface area contributed by atoms with Gasteiger partial charge in [-0.1, -0.05) is 0 Å². The number of nitrogens with zero attached hydrogens (tertiary/aromatic N) is 1. The summed E-state index contributed by atoms with van der Waals surface area (Å²) in [6.45, 7) is -0.620. The van der Waals surface area contributed by atoms with E-state index in [0.717, 1.165) is 6.07 Å². The summed E-state index contributed by atoms with van der Waals surface area (Å²) in [6, 6.07) is 0.758. The van der Waals surface area contributed by atoms with Crippen molar-refractivity contribution >= 4 is 11.6 Å². The second-order valence-corrected chi connectivity index (χ2v) is 2.99. The number of ether oxygens (including phenoxy) is 1. The van der Waals surface area contributed by atoms with Crippen LogP contribution in [0.15, 0.2) is 6.07 Å². The summed E-state index contributed by atoms with van der Waals surface area (Å²) in [6.07, 6.45) is -5.01. The standard InChI is InChI=1S/C8H6ClF4NO2/c9-2-4-1-6(16-8(11,12)13)7(10)14-5(4)3-15/h1,15H,2-3H2. The second-order valence-electron chi connectivity index (χ2n) is 2.72. The normalized spacial score (nSPS) is 11.6. The predicted octanol–water partition coefficient (Wildman–Crippen LogP) is 2.35. The van der Waals surface area contributed by atoms with E-state index in [9.17, 15) is 17.6 Å². The van der Waals surface area contributed by atoms with Gasteiger partial charge in [0.1, 0.15) is 0 Å². The number of aliphatic hydroxyl groups excluding tert-OH is 1. The average molecular weight is 260 g/mol. The van der Waals surface area contributed by atoms with Gasteiger partial charge in [0.05, 0.1) is 12.3 Å². The van der Waals surface area contributed by atoms with Gasteiger partial charge in [0, 0.05) is 5.88 Å². The van der Waals surface area contributed by atoms with Gasteiger partial charge in [-0.3, -0.25) is 0 Å². The van der Waals surface area contributed by atoms with E-state index < -0.39 is 24.7 Å². The van der Waals surface area contributed by atoms with Gasteiger partial charge >= 0.3 is 6.36 Å². The molecule has 0 amide bonds. The van der Waals surface area contributed by atoms with Gasteiger partial charge in [0.25, 0.3) is 5.95 Å². The summed E-state index contributed by atoms with van der Waals surface area (Å²) in [5, 5.41) is 8.75. The molecule has 1 N–H and O–H groups in total. The molecule has 16 heavy (non-hydrogen) atoms. The molecule has 0 unspecified atom stereocenters. The third-order valence-corrected chi connectivity index (χ3v) is 1.92. The highest BCUT2D eigenvalue weighted by Crippen LogP contribution is 2.27. The Morgan fingerprint density at radius 1 is 1.44 bits per heavy atom. The maximum atomic E-state index is 13.0. The molecule has 3 nitrogen and oxygen atoms in total. The van der Waals surface area contributed by atoms with Gasteiger partial charge in [-0.25, -0.2) is 4.98 Å². The predicted molar refractivity (Wildman–Crippen MR) is 46.4 cm³/mol. The maximum Gasteiger partial charge on any atom is 0.573 e. The molecule has 0 atom stereocenters. The van der Waals surface area contributed by atoms with E-state index >= 15 is 0 Å². The molecule has 0 aromatic carbocycles. The van der Waals surface area contributed by atoms with Crippen LogP contribution in [0.1, 0.15) is 11.3 Å². The molecule has 0 fully saturated rings. The Kier molecular flexibility index (Phi) is 3.93. The molecule has 0 saturated carbocycles. The summed E-state index contributed by atoms with van der Waals surface area (Å²) < 4.78 is 51.9. The third-order valence-electron chi connectivity index (χ3n) is 1.63. The van der Waals surface area contributed by atoms with Gasteiger partial charge in [0.15, 0.2) is 5.75 Å². The van der Waals surface area contributed by atoms with Crippen LogP contribution >= 0.6 is 11.6 Å². The topological polar surface area (TPSA) is 42.4 Å². The lowest BCUT2D eigenvalue weighted by molar-refractivity contribution is -0.275. The second kappa shape index (κ2) is 4.84. The Hall–Kier alpha value is -1.08. The highest BCUT2D eigenvalue weighted by atomic mass is 35.5. The zero-order valence-electron chi connectivity index (χ0n) is 7.68. The summed E-state index contributed by atoms with van der Waals surface area (Å²) in [5.74, 6) is -2.73. The number of pyridine rings is 1. The van der Waals surface area contributed by atoms with E-state index in [1.54, 1.807) is 0 Å². The molecule has 90 valence electrons. The lowest BCUT2D eigenvalue weighted by Crippen LogP contribution is -2.19. The van der Waals surface area contributed by atoms with Crippen LogP contribution in [0.3, 0.4) is 0 Å². The van der Waals surface area contributed by atoms with Crippen LogP contribution in [0.2, 0.25) is 0 Å². The van der Waals surface area contributed by atoms with E-state index in [0.29, 0.717) is 0 Å². The van der Waals surface area contributed by atoms with Crippen LogP contribution < -0.4 is 4.74 Å². The molecular weight excluding hydrogens is 254 g/mol. The van der Waals surface area contributed by atoms with Gasteiger partial charge in [-0.05, 0) is 11.6 Å². The monoisotopic (exact) mass is 259 g/mol. The summed E-state index contributed by atoms with van der Waals surface area (Å²) in [7, 11) is 0. The number of alkyl halides is 4. The van der Waals surface area contributed by atoms with Crippen LogP contribution in [-0.4, -0.2) is 16.5 Å². The molecule has 1 aromatic heterocycles. The number of hydrogen-bond donors (Lipinski definition) is 1. The van der Waals surface area contributed by atoms with E-state index in [-0.39, 0.29) is 17.1 Å². The molecule has 0 radical (unpaired) electrons. The maximum absolute atomic E-state index is 13.0. The molecule has 0 spiro atoms. The third kappa shape index (κ3) is 3.21. The molecule has 0 aliphatic rings. The van der Waals surface area contributed by atoms with Crippen LogP contribution in [0.5, 0.6) is 5.75 Å². The van der Waals surface area contributed by atoms with Crippen molar-refractivity contribution in [1.29, 1.82) is 0 Å². The summed E-state index contributed by atoms with van der Waals surface area (Å²) in [4.78, 5) is 3.12. The first-order valence-electron chi connectivity index (χ1n) is 3.98. The SMILES string of the molecule is OCc1nc(F)c(OC(F)(F)F)cc1CCl. The van der Waals surface area contributed by atoms with Crippen molar-refractivity contribution in [2.24, 2.45) is 0 Å². The smallest absolute Gasteiger partial charge is 0.401 e. The number of halogens is 5. The summed E-state index contributed by atoms with van der Waals surface area (Å²) in [5.41, 5.74) is -0.0492. The van der Waals surface area contributed by atoms with Crippen LogP contribution in [0.4, 0.5) is 17.6 Å². The van der Waals surface area contributed by atoms with Gasteiger partial charge in [-0.15, -0.1) is 24.8 Å². The van der Waals surface area contributed by atoms with Crippen LogP contribution in [0, 0.1) is 5.95 Å². The lowest BCUT2D eigenvalue weighted by atomic mass is 10.2. The van der Waals surface area contributed by atoms with Crippen molar-refractivity contribution < 1.29 is 27.4 Å². The Balaban J connectivity index is 3.11. The minimum absolute atomic E-state index is 0.0739. The van der Waals surface area contributed by atoms with Crippen LogP contribution in [0.25, 0.3) is 0 Å². The minimum atomic E-state index is -5.01. The van der Waals surface area contributed by atoms with Crippen molar-refractivity contribution in [1.82, 2.24) is 4.98 Å². The van der Waals surface area contributed by atoms with Gasteiger partial charge in [-0.2, -0.15) is 4.39 Å². The van der Waals surface area contributed by atoms with Crippen molar-refractivity contribution in [2.75, 3.05) is 0 Å². The molecule has 0 aliphatic carbocycles. The molecule has 1 aromatic rings. The molecule has 1 rings (SSSR count). The van der Waals surface area contributed by atoms with E-state index in [1.165, 1.54) is 0 Å². The zero-order chi connectivity index (χ0) is 12.3. The Morgan fingerprint density at radius 3 is 2.50 bits per heavy atom. The van der Waals surface area contributed by atoms with Crippen molar-refractivity contribution in [2.45, 2.75) is 18.8 Å². The number of rotatable bonds is 3. The summed E-state index contributed by atoms with van der Waals surface area (Å²) >= 11 is 5.40. The Morgan fingerprint density at radius 2 is 2.06 bits per heavy atom. The van der Waals surface area contributed by atoms with Crippen LogP contribution in [-0.2, 0) is 12.5 Å². The largest absolute Gasteiger partial charge is 0.573 e. The van der Waals surface area contributed by atoms with Gasteiger partial charge in [0.2, 0.25) is 0 Å². The minimum Gasteiger partial charge on any atom is -0.401 e. The molecule has 0 saturated heterocycles. The molecule has 0 bridgehead atoms. The molecular formula is C8H6ClF4NO2. The van der Waals surface area contributed by atoms with Gasteiger partial charge < -0.3 is 9.84 Å². The first-order chi connectivity index (χ1) is 7.37. The zero-order valence-corrected chi connectivity index (χ0v) is 8.44. The van der Waals surface area contributed by atoms with E-state index in [1.807, 2.05) is 0 Å². The molecule has 0 aliphatic heterocycles. The fourth-order valence-corrected chi connectivity index (χ4v) is 1.23. The van der Waals surface area contributed by atoms with E-state index in [4.69, 9.17) is 16.7 Å². The Labute approximate surface area is 92.6 Å². The fourth-order valence-electron chi connectivity index (χ4n) is 0.995. The highest BCUT2D eigenvalue weighted by Gasteiger charge is 2.33. The molecule has 1 heterocycles. The first kappa shape index (κ1) is 13.0. The van der Waals surface area contributed by atoms with E-state index in [2.05, 4.69) is 9.72 Å². The first-order valence-corrected chi connectivity index (χ1v) is 4.51. The number of hydrogen-bond acceptors (Lipinski definition) is 3. The van der Waals surface area contributed by atoms with Crippen molar-refractivity contribution in [3.63, 3.8) is 0 Å². The van der Waals surface area contributed by atoms with Crippen molar-refractivity contribution in [3.8, 4) is 5.75 Å². The molecule has 8 heteroatoms. The quantitative estimate of drug-likeness (QED) is 0.515. The van der Waals surface area contributed by atoms with Crippen molar-refractivity contribution in [3.05, 3.63) is 23.3 Å². The average Bonchev–Trinajstić information content (AvgIpc) is 2.18. The number of aliphatic hydroxyl groups is 1. The Bertz CT molecular complexity index is 383. The fraction of sp³-hybridized carbons (Fsp3) is 0.375. The number of aromatic nitrogens is 1.